The van der Waals surface area contributed by atoms with Gasteiger partial charge in [0.05, 0.1) is 33.8 Å². The molecule has 87 heavy (non-hydrogen) atoms. The molecule has 0 aliphatic rings. The van der Waals surface area contributed by atoms with Crippen molar-refractivity contribution < 1.29 is 37.3 Å². The molecule has 0 spiro atoms. The van der Waals surface area contributed by atoms with Gasteiger partial charge in [-0.15, -0.1) is 0 Å². The van der Waals surface area contributed by atoms with Crippen LogP contribution in [0.4, 0.5) is 0 Å². The summed E-state index contributed by atoms with van der Waals surface area (Å²) in [7, 11) is 1.50. The molecule has 0 aromatic carbocycles. The number of nitrogens with zero attached hydrogens (tertiary/aromatic N) is 1. The molecule has 0 aliphatic heterocycles. The summed E-state index contributed by atoms with van der Waals surface area (Å²) < 4.78 is 30.8. The molecular weight excluding hydrogens is 1100 g/mol. The van der Waals surface area contributed by atoms with Crippen molar-refractivity contribution in [1.29, 1.82) is 0 Å². The summed E-state index contributed by atoms with van der Waals surface area (Å²) in [6.45, 7) is 6.98. The number of carbonyl (C=O) groups excluding carboxylic acids is 2. The van der Waals surface area contributed by atoms with Gasteiger partial charge in [-0.05, 0) is 109 Å². The normalized spacial score (nSPS) is 14.0. The van der Waals surface area contributed by atoms with Gasteiger partial charge in [0.25, 0.3) is 0 Å². The van der Waals surface area contributed by atoms with Crippen LogP contribution >= 0.6 is 7.82 Å². The van der Waals surface area contributed by atoms with E-state index in [1.807, 2.05) is 33.3 Å². The van der Waals surface area contributed by atoms with Gasteiger partial charge in [0.2, 0.25) is 5.91 Å². The number of ether oxygens (including phenoxy) is 1. The van der Waals surface area contributed by atoms with Gasteiger partial charge in [-0.2, -0.15) is 0 Å². The van der Waals surface area contributed by atoms with Gasteiger partial charge in [0.1, 0.15) is 19.3 Å². The van der Waals surface area contributed by atoms with Gasteiger partial charge in [0.15, 0.2) is 0 Å². The van der Waals surface area contributed by atoms with Crippen LogP contribution in [0.5, 0.6) is 0 Å². The van der Waals surface area contributed by atoms with Crippen molar-refractivity contribution in [3.63, 3.8) is 0 Å². The number of unbranched alkanes of at least 4 members (excludes halogenated alkanes) is 39. The summed E-state index contributed by atoms with van der Waals surface area (Å²) in [5.74, 6) is -0.502. The van der Waals surface area contributed by atoms with E-state index in [-0.39, 0.29) is 31.5 Å². The van der Waals surface area contributed by atoms with E-state index in [4.69, 9.17) is 13.8 Å². The van der Waals surface area contributed by atoms with E-state index in [1.54, 1.807) is 0 Å². The van der Waals surface area contributed by atoms with Crippen molar-refractivity contribution >= 4 is 19.7 Å². The molecule has 9 nitrogen and oxygen atoms in total. The largest absolute Gasteiger partial charge is 0.472 e. The third-order valence-electron chi connectivity index (χ3n) is 16.3. The van der Waals surface area contributed by atoms with Gasteiger partial charge < -0.3 is 19.4 Å². The fourth-order valence-electron chi connectivity index (χ4n) is 10.6. The maximum atomic E-state index is 13.6. The molecule has 0 saturated carbocycles. The molecule has 0 saturated heterocycles. The van der Waals surface area contributed by atoms with Crippen molar-refractivity contribution in [1.82, 2.24) is 5.32 Å². The number of likely N-dealkylation sites (N-methyl/N-ethyl adjacent to an activating group) is 1. The number of phosphoric ester groups is 1. The zero-order valence-corrected chi connectivity index (χ0v) is 58.9. The maximum Gasteiger partial charge on any atom is 0.472 e. The van der Waals surface area contributed by atoms with Crippen molar-refractivity contribution in [2.24, 2.45) is 0 Å². The standard InChI is InChI=1S/C77H141N2O7P/c1-7-10-13-16-19-22-25-27-29-31-33-35-37-38-39-40-42-43-45-47-49-51-54-57-60-63-66-69-76(80)78-74(73-85-87(82,83)84-72-71-79(4,5)6)75(68-65-62-59-56-53-24-21-18-15-12-9-3)86-77(81)70-67-64-61-58-55-52-50-48-46-44-41-36-34-32-30-28-26-23-20-17-14-11-8-2/h19-20,22-23,27-30,33-36,65,68,74-75H,7-18,21,24-26,31-32,37-64,66-67,69-73H2,1-6H3,(H-,78,80,82,83)/p+1/b22-19-,23-20-,29-27-,30-28-,35-33-,36-34-,68-65-. The second kappa shape index (κ2) is 66.1. The Hall–Kier alpha value is -2.81. The molecule has 0 bridgehead atoms. The number of allylic oxidation sites excluding steroid dienone is 13. The van der Waals surface area contributed by atoms with Crippen molar-refractivity contribution in [2.45, 2.75) is 354 Å². The highest BCUT2D eigenvalue weighted by Gasteiger charge is 2.30. The highest BCUT2D eigenvalue weighted by Crippen LogP contribution is 2.43. The lowest BCUT2D eigenvalue weighted by atomic mass is 10.0. The fourth-order valence-corrected chi connectivity index (χ4v) is 11.3. The molecule has 10 heteroatoms. The third-order valence-corrected chi connectivity index (χ3v) is 17.3. The summed E-state index contributed by atoms with van der Waals surface area (Å²) in [4.78, 5) is 37.9. The lowest BCUT2D eigenvalue weighted by Gasteiger charge is -2.27. The van der Waals surface area contributed by atoms with Crippen LogP contribution in [-0.2, 0) is 27.9 Å². The Bertz CT molecular complexity index is 1760. The zero-order valence-electron chi connectivity index (χ0n) is 58.0. The Balaban J connectivity index is 4.97. The lowest BCUT2D eigenvalue weighted by molar-refractivity contribution is -0.870. The Morgan fingerprint density at radius 1 is 0.402 bits per heavy atom. The number of hydrogen-bond donors (Lipinski definition) is 2. The van der Waals surface area contributed by atoms with Gasteiger partial charge in [-0.3, -0.25) is 18.6 Å². The number of phosphoric acid groups is 1. The van der Waals surface area contributed by atoms with Crippen molar-refractivity contribution in [2.75, 3.05) is 40.9 Å². The molecule has 0 aromatic rings. The molecule has 506 valence electrons. The monoisotopic (exact) mass is 1240 g/mol. The predicted molar refractivity (Wildman–Crippen MR) is 378 cm³/mol. The third kappa shape index (κ3) is 67.4. The summed E-state index contributed by atoms with van der Waals surface area (Å²) >= 11 is 0. The highest BCUT2D eigenvalue weighted by molar-refractivity contribution is 7.47. The van der Waals surface area contributed by atoms with E-state index in [1.165, 1.54) is 225 Å². The number of nitrogens with one attached hydrogen (secondary N) is 1. The van der Waals surface area contributed by atoms with Crippen molar-refractivity contribution in [3.8, 4) is 0 Å². The van der Waals surface area contributed by atoms with E-state index < -0.39 is 20.0 Å². The van der Waals surface area contributed by atoms with E-state index >= 15 is 0 Å². The fraction of sp³-hybridized carbons (Fsp3) is 0.792. The van der Waals surface area contributed by atoms with Crippen LogP contribution < -0.4 is 5.32 Å². The number of esters is 1. The van der Waals surface area contributed by atoms with Crippen LogP contribution in [0, 0.1) is 0 Å². The number of hydrogen-bond acceptors (Lipinski definition) is 6. The molecule has 0 radical (unpaired) electrons. The predicted octanol–water partition coefficient (Wildman–Crippen LogP) is 23.7. The first kappa shape index (κ1) is 84.2. The second-order valence-corrected chi connectivity index (χ2v) is 27.6. The first-order valence-electron chi connectivity index (χ1n) is 36.9. The van der Waals surface area contributed by atoms with Crippen LogP contribution in [0.2, 0.25) is 0 Å². The number of quaternary nitrogens is 1. The molecule has 1 amide bonds. The molecule has 0 heterocycles. The van der Waals surface area contributed by atoms with Crippen LogP contribution in [0.3, 0.4) is 0 Å². The minimum atomic E-state index is -4.46. The van der Waals surface area contributed by atoms with Crippen LogP contribution in [0.1, 0.15) is 342 Å². The smallest absolute Gasteiger partial charge is 0.456 e. The molecule has 0 aliphatic carbocycles. The molecule has 3 atom stereocenters. The Kier molecular flexibility index (Phi) is 64.0. The maximum absolute atomic E-state index is 13.6. The first-order valence-corrected chi connectivity index (χ1v) is 38.4. The van der Waals surface area contributed by atoms with E-state index in [9.17, 15) is 19.0 Å². The number of carbonyl (C=O) groups is 2. The summed E-state index contributed by atoms with van der Waals surface area (Å²) in [5, 5.41) is 3.07. The molecular formula is C77H142N2O7P+. The lowest BCUT2D eigenvalue weighted by Crippen LogP contribution is -2.47. The van der Waals surface area contributed by atoms with Gasteiger partial charge >= 0.3 is 13.8 Å². The summed E-state index contributed by atoms with van der Waals surface area (Å²) in [6.07, 6.45) is 88.8. The van der Waals surface area contributed by atoms with Crippen LogP contribution in [0.25, 0.3) is 0 Å². The summed E-state index contributed by atoms with van der Waals surface area (Å²) in [5.41, 5.74) is 0. The Morgan fingerprint density at radius 3 is 1.07 bits per heavy atom. The topological polar surface area (TPSA) is 111 Å². The minimum Gasteiger partial charge on any atom is -0.456 e. The highest BCUT2D eigenvalue weighted by atomic mass is 31.2. The average Bonchev–Trinajstić information content (AvgIpc) is 3.70. The van der Waals surface area contributed by atoms with Gasteiger partial charge in [-0.1, -0.05) is 305 Å². The second-order valence-electron chi connectivity index (χ2n) is 26.1. The zero-order chi connectivity index (χ0) is 63.5. The Morgan fingerprint density at radius 2 is 0.701 bits per heavy atom. The Labute approximate surface area is 539 Å². The van der Waals surface area contributed by atoms with Crippen molar-refractivity contribution in [3.05, 3.63) is 85.1 Å². The average molecular weight is 1240 g/mol. The van der Waals surface area contributed by atoms with E-state index in [0.717, 1.165) is 83.5 Å². The minimum absolute atomic E-state index is 0.0377. The quantitative estimate of drug-likeness (QED) is 0.0205. The molecule has 2 N–H and O–H groups in total. The van der Waals surface area contributed by atoms with Gasteiger partial charge in [0, 0.05) is 12.8 Å². The summed E-state index contributed by atoms with van der Waals surface area (Å²) in [6, 6.07) is -0.854. The first-order chi connectivity index (χ1) is 42.4. The van der Waals surface area contributed by atoms with Crippen LogP contribution in [-0.4, -0.2) is 74.3 Å². The molecule has 3 unspecified atom stereocenters. The van der Waals surface area contributed by atoms with E-state index in [2.05, 4.69) is 99.0 Å². The SMILES string of the molecule is CCCCC/C=C\C/C=C\C/C=C\CCCCCCCCCCCCCCCCC(=O)NC(COP(=O)(O)OCC[N+](C)(C)C)C(/C=C\CCCCCCCCCCC)OC(=O)CCCCCCCCCCCC/C=C\C/C=C\C/C=C\CCCCC. The van der Waals surface area contributed by atoms with Crippen LogP contribution in [0.15, 0.2) is 85.1 Å². The number of rotatable bonds is 67. The number of amides is 1. The van der Waals surface area contributed by atoms with Gasteiger partial charge in [-0.25, -0.2) is 4.57 Å². The van der Waals surface area contributed by atoms with E-state index in [0.29, 0.717) is 17.4 Å². The molecule has 0 aromatic heterocycles. The molecule has 0 rings (SSSR count). The molecule has 0 fully saturated rings.